The van der Waals surface area contributed by atoms with E-state index in [1.54, 1.807) is 12.1 Å². The second-order valence-corrected chi connectivity index (χ2v) is 15.8. The first-order chi connectivity index (χ1) is 24.8. The molecule has 4 aromatic carbocycles. The minimum atomic E-state index is -3.95. The fraction of sp³-hybridized carbons (Fsp3) is 0.238. The highest BCUT2D eigenvalue weighted by Gasteiger charge is 2.35. The van der Waals surface area contributed by atoms with Gasteiger partial charge in [-0.25, -0.2) is 8.42 Å². The molecule has 0 amide bonds. The van der Waals surface area contributed by atoms with Gasteiger partial charge < -0.3 is 14.4 Å². The molecule has 4 heterocycles. The van der Waals surface area contributed by atoms with E-state index in [9.17, 15) is 18.3 Å². The number of carbonyl (C=O) groups is 1. The molecule has 0 spiro atoms. The quantitative estimate of drug-likeness (QED) is 0.150. The maximum absolute atomic E-state index is 14.4. The molecule has 4 aliphatic heterocycles. The van der Waals surface area contributed by atoms with Gasteiger partial charge >= 0.3 is 5.97 Å². The van der Waals surface area contributed by atoms with Gasteiger partial charge in [-0.05, 0) is 68.1 Å². The molecule has 51 heavy (non-hydrogen) atoms. The Bertz CT molecular complexity index is 2530. The molecule has 0 saturated carbocycles. The van der Waals surface area contributed by atoms with Crippen LogP contribution < -0.4 is 14.8 Å². The van der Waals surface area contributed by atoms with Gasteiger partial charge in [0.25, 0.3) is 0 Å². The van der Waals surface area contributed by atoms with Crippen molar-refractivity contribution in [2.24, 2.45) is 5.92 Å². The summed E-state index contributed by atoms with van der Waals surface area (Å²) in [6.07, 6.45) is 2.50. The number of rotatable bonds is 5. The third-order valence-electron chi connectivity index (χ3n) is 10.9. The monoisotopic (exact) mass is 696 g/mol. The number of anilines is 2. The van der Waals surface area contributed by atoms with E-state index < -0.39 is 21.9 Å². The molecule has 0 atom stereocenters. The van der Waals surface area contributed by atoms with Crippen LogP contribution in [-0.4, -0.2) is 50.0 Å². The van der Waals surface area contributed by atoms with Crippen LogP contribution in [0.2, 0.25) is 0 Å². The molecule has 5 aliphatic rings. The Hall–Kier alpha value is -5.25. The summed E-state index contributed by atoms with van der Waals surface area (Å²) in [5.74, 6) is -0.737. The highest BCUT2D eigenvalue weighted by Crippen LogP contribution is 2.45. The van der Waals surface area contributed by atoms with Crippen LogP contribution in [-0.2, 0) is 27.7 Å². The predicted molar refractivity (Wildman–Crippen MR) is 199 cm³/mol. The molecule has 8 nitrogen and oxygen atoms in total. The average Bonchev–Trinajstić information content (AvgIpc) is 3.78. The van der Waals surface area contributed by atoms with Crippen LogP contribution in [0.25, 0.3) is 33.4 Å². The summed E-state index contributed by atoms with van der Waals surface area (Å²) in [7, 11) is -3.95. The van der Waals surface area contributed by atoms with Gasteiger partial charge in [0.15, 0.2) is 6.54 Å². The van der Waals surface area contributed by atoms with Crippen molar-refractivity contribution in [2.75, 3.05) is 31.1 Å². The van der Waals surface area contributed by atoms with Gasteiger partial charge in [0.2, 0.25) is 21.1 Å². The van der Waals surface area contributed by atoms with Crippen molar-refractivity contribution < 1.29 is 22.7 Å². The number of carboxylic acid groups (broad SMARTS) is 1. The minimum absolute atomic E-state index is 0.167. The Labute approximate surface area is 296 Å². The van der Waals surface area contributed by atoms with E-state index in [0.29, 0.717) is 16.9 Å². The summed E-state index contributed by atoms with van der Waals surface area (Å²) in [4.78, 5) is 14.2. The standard InChI is InChI=1S/C42H37N3O5S/c1-27-10-15-37-30(24-27)19-23-45(37)32-12-14-34-39(26-32)50-38-25-31(44-22-18-28-6-2-4-8-36(28)44)11-13-33(38)41(34)35-7-3-5-9-40(35)51(48,49)43-20-16-29(17-21-43)42(46)47/h2-15,24-26,29H,16-23H2,1H3/p+1. The molecule has 0 bridgehead atoms. The van der Waals surface area contributed by atoms with Gasteiger partial charge in [0, 0.05) is 83.3 Å². The number of hydrogen-bond acceptors (Lipinski definition) is 5. The molecule has 0 radical (unpaired) electrons. The Kier molecular flexibility index (Phi) is 7.59. The van der Waals surface area contributed by atoms with Gasteiger partial charge in [-0.15, -0.1) is 0 Å². The lowest BCUT2D eigenvalue weighted by atomic mass is 9.93. The summed E-state index contributed by atoms with van der Waals surface area (Å²) < 4.78 is 39.3. The summed E-state index contributed by atoms with van der Waals surface area (Å²) in [6, 6.07) is 34.7. The molecule has 9 heteroatoms. The van der Waals surface area contributed by atoms with E-state index in [1.807, 2.05) is 12.1 Å². The van der Waals surface area contributed by atoms with Crippen LogP contribution in [0, 0.1) is 12.8 Å². The number of aryl methyl sites for hydroxylation is 1. The topological polar surface area (TPSA) is 94.1 Å². The third kappa shape index (κ3) is 5.34. The molecule has 1 fully saturated rings. The fourth-order valence-electron chi connectivity index (χ4n) is 8.28. The SMILES string of the molecule is Cc1ccc2c(c1)CC[N+]2=c1ccc2c(-c3ccccc3S(=O)(=O)N3CCC(C(=O)O)CC3)c3ccc(N4CCc5ccccc54)cc3oc-2c1. The van der Waals surface area contributed by atoms with Crippen LogP contribution in [0.3, 0.4) is 0 Å². The molecule has 1 saturated heterocycles. The number of para-hydroxylation sites is 1. The van der Waals surface area contributed by atoms with Gasteiger partial charge in [-0.3, -0.25) is 4.79 Å². The number of aliphatic carboxylic acids is 1. The first-order valence-electron chi connectivity index (χ1n) is 17.6. The first kappa shape index (κ1) is 31.7. The van der Waals surface area contributed by atoms with Gasteiger partial charge in [-0.2, -0.15) is 8.88 Å². The first-order valence-corrected chi connectivity index (χ1v) is 19.1. The van der Waals surface area contributed by atoms with Crippen molar-refractivity contribution in [3.63, 3.8) is 0 Å². The average molecular weight is 697 g/mol. The van der Waals surface area contributed by atoms with E-state index in [2.05, 4.69) is 95.3 Å². The number of benzene rings is 5. The van der Waals surface area contributed by atoms with Crippen LogP contribution >= 0.6 is 0 Å². The fourth-order valence-corrected chi connectivity index (χ4v) is 9.95. The smallest absolute Gasteiger partial charge is 0.306 e. The lowest BCUT2D eigenvalue weighted by Gasteiger charge is -2.30. The molecule has 1 aliphatic carbocycles. The number of piperidine rings is 1. The van der Waals surface area contributed by atoms with Crippen LogP contribution in [0.5, 0.6) is 0 Å². The van der Waals surface area contributed by atoms with Crippen molar-refractivity contribution >= 4 is 44.0 Å². The highest BCUT2D eigenvalue weighted by molar-refractivity contribution is 7.89. The van der Waals surface area contributed by atoms with Crippen molar-refractivity contribution in [2.45, 2.75) is 37.5 Å². The number of carboxylic acids is 1. The Balaban J connectivity index is 1.25. The highest BCUT2D eigenvalue weighted by atomic mass is 32.2. The molecule has 0 unspecified atom stereocenters. The number of hydrogen-bond donors (Lipinski definition) is 1. The van der Waals surface area contributed by atoms with E-state index in [4.69, 9.17) is 4.42 Å². The van der Waals surface area contributed by atoms with Crippen LogP contribution in [0.4, 0.5) is 17.1 Å². The lowest BCUT2D eigenvalue weighted by molar-refractivity contribution is -0.142. The molecular formula is C42H38N3O5S+. The van der Waals surface area contributed by atoms with E-state index in [1.165, 1.54) is 32.4 Å². The molecule has 0 aromatic heterocycles. The maximum Gasteiger partial charge on any atom is 0.306 e. The molecule has 1 N–H and O–H groups in total. The van der Waals surface area contributed by atoms with E-state index in [0.717, 1.165) is 53.5 Å². The van der Waals surface area contributed by atoms with Crippen molar-refractivity contribution in [1.29, 1.82) is 0 Å². The molecule has 9 rings (SSSR count). The number of nitrogens with zero attached hydrogens (tertiary/aromatic N) is 3. The van der Waals surface area contributed by atoms with Crippen LogP contribution in [0.15, 0.2) is 112 Å². The summed E-state index contributed by atoms with van der Waals surface area (Å²) in [6.45, 7) is 4.18. The van der Waals surface area contributed by atoms with Crippen molar-refractivity contribution in [3.05, 3.63) is 125 Å². The number of sulfonamides is 1. The normalized spacial score (nSPS) is 17.6. The predicted octanol–water partition coefficient (Wildman–Crippen LogP) is 7.35. The van der Waals surface area contributed by atoms with E-state index >= 15 is 0 Å². The molecule has 256 valence electrons. The zero-order valence-electron chi connectivity index (χ0n) is 28.4. The molecule has 4 aromatic rings. The minimum Gasteiger partial charge on any atom is -0.481 e. The second kappa shape index (κ2) is 12.2. The maximum atomic E-state index is 14.4. The van der Waals surface area contributed by atoms with Gasteiger partial charge in [-0.1, -0.05) is 48.0 Å². The third-order valence-corrected chi connectivity index (χ3v) is 12.9. The summed E-state index contributed by atoms with van der Waals surface area (Å²) in [5, 5.41) is 11.4. The van der Waals surface area contributed by atoms with Crippen molar-refractivity contribution in [1.82, 2.24) is 8.88 Å². The Morgan fingerprint density at radius 1 is 0.824 bits per heavy atom. The zero-order chi connectivity index (χ0) is 34.9. The lowest BCUT2D eigenvalue weighted by Crippen LogP contribution is -2.40. The summed E-state index contributed by atoms with van der Waals surface area (Å²) in [5.41, 5.74) is 10.2. The van der Waals surface area contributed by atoms with Gasteiger partial charge in [0.05, 0.1) is 16.9 Å². The number of fused-ring (bicyclic) bond motifs is 4. The van der Waals surface area contributed by atoms with Gasteiger partial charge in [0.1, 0.15) is 11.3 Å². The molecular weight excluding hydrogens is 659 g/mol. The van der Waals surface area contributed by atoms with E-state index in [-0.39, 0.29) is 30.8 Å². The second-order valence-electron chi connectivity index (χ2n) is 13.9. The zero-order valence-corrected chi connectivity index (χ0v) is 29.2. The van der Waals surface area contributed by atoms with Crippen molar-refractivity contribution in [3.8, 4) is 22.5 Å². The summed E-state index contributed by atoms with van der Waals surface area (Å²) >= 11 is 0. The Morgan fingerprint density at radius 3 is 2.47 bits per heavy atom. The largest absolute Gasteiger partial charge is 0.481 e. The Morgan fingerprint density at radius 2 is 1.63 bits per heavy atom. The van der Waals surface area contributed by atoms with Crippen LogP contribution in [0.1, 0.15) is 29.5 Å².